The van der Waals surface area contributed by atoms with E-state index in [2.05, 4.69) is 36.4 Å². The van der Waals surface area contributed by atoms with Crippen LogP contribution in [0.1, 0.15) is 47.8 Å². The first kappa shape index (κ1) is 16.4. The van der Waals surface area contributed by atoms with Crippen LogP contribution in [0.2, 0.25) is 0 Å². The van der Waals surface area contributed by atoms with Crippen molar-refractivity contribution in [3.05, 3.63) is 41.1 Å². The number of carboxylic acid groups (broad SMARTS) is 1. The number of benzene rings is 1. The zero-order valence-electron chi connectivity index (χ0n) is 14.5. The smallest absolute Gasteiger partial charge is 0.341 e. The molecule has 2 heterocycles. The van der Waals surface area contributed by atoms with Crippen molar-refractivity contribution in [2.75, 3.05) is 19.0 Å². The summed E-state index contributed by atoms with van der Waals surface area (Å²) in [5.74, 6) is 0.742. The Bertz CT molecular complexity index is 763. The molecule has 1 aromatic heterocycles. The highest BCUT2D eigenvalue weighted by Crippen LogP contribution is 2.38. The van der Waals surface area contributed by atoms with Gasteiger partial charge in [-0.3, -0.25) is 0 Å². The fourth-order valence-electron chi connectivity index (χ4n) is 3.48. The van der Waals surface area contributed by atoms with E-state index >= 15 is 0 Å². The molecule has 0 bridgehead atoms. The Morgan fingerprint density at radius 3 is 2.62 bits per heavy atom. The monoisotopic (exact) mass is 329 g/mol. The predicted molar refractivity (Wildman–Crippen MR) is 92.1 cm³/mol. The molecule has 24 heavy (non-hydrogen) atoms. The second kappa shape index (κ2) is 5.85. The fraction of sp³-hybridized carbons (Fsp3) is 0.444. The molecule has 1 atom stereocenters. The number of hydrogen-bond donors (Lipinski definition) is 2. The molecule has 0 spiro atoms. The lowest BCUT2D eigenvalue weighted by molar-refractivity contribution is 0.0697. The van der Waals surface area contributed by atoms with Gasteiger partial charge in [0.25, 0.3) is 0 Å². The summed E-state index contributed by atoms with van der Waals surface area (Å²) in [4.78, 5) is 11.6. The third-order valence-corrected chi connectivity index (χ3v) is 4.70. The number of aromatic nitrogens is 2. The van der Waals surface area contributed by atoms with Gasteiger partial charge in [-0.25, -0.2) is 9.48 Å². The van der Waals surface area contributed by atoms with Crippen LogP contribution in [0.5, 0.6) is 5.75 Å². The first-order valence-electron chi connectivity index (χ1n) is 8.04. The predicted octanol–water partition coefficient (Wildman–Crippen LogP) is 3.23. The normalized spacial score (nSPS) is 19.1. The number of nitrogens with one attached hydrogen (secondary N) is 1. The second-order valence-electron chi connectivity index (χ2n) is 6.89. The van der Waals surface area contributed by atoms with E-state index in [0.717, 1.165) is 12.2 Å². The Morgan fingerprint density at radius 1 is 1.38 bits per heavy atom. The van der Waals surface area contributed by atoms with Crippen LogP contribution in [0.4, 0.5) is 5.82 Å². The SMILES string of the molecule is COc1ccc(C2CNc3c(C(=O)O)c(C)nn3C(C)(C)C2)cc1. The molecule has 0 aliphatic carbocycles. The van der Waals surface area contributed by atoms with E-state index in [1.54, 1.807) is 14.0 Å². The van der Waals surface area contributed by atoms with E-state index in [1.807, 2.05) is 16.8 Å². The number of methoxy groups -OCH3 is 1. The highest BCUT2D eigenvalue weighted by atomic mass is 16.5. The molecule has 0 radical (unpaired) electrons. The Labute approximate surface area is 141 Å². The number of anilines is 1. The highest BCUT2D eigenvalue weighted by molar-refractivity contribution is 5.94. The molecule has 1 aliphatic heterocycles. The first-order chi connectivity index (χ1) is 11.3. The standard InChI is InChI=1S/C18H23N3O3/c1-11-15(17(22)23)16-19-10-13(9-18(2,3)21(16)20-11)12-5-7-14(24-4)8-6-12/h5-8,13,19H,9-10H2,1-4H3,(H,22,23). The number of ether oxygens (including phenoxy) is 1. The van der Waals surface area contributed by atoms with Crippen LogP contribution < -0.4 is 10.1 Å². The van der Waals surface area contributed by atoms with Gasteiger partial charge in [0.05, 0.1) is 18.3 Å². The van der Waals surface area contributed by atoms with Crippen LogP contribution in [-0.4, -0.2) is 34.5 Å². The van der Waals surface area contributed by atoms with Crippen molar-refractivity contribution < 1.29 is 14.6 Å². The van der Waals surface area contributed by atoms with Gasteiger partial charge in [-0.1, -0.05) is 12.1 Å². The van der Waals surface area contributed by atoms with Crippen LogP contribution >= 0.6 is 0 Å². The maximum Gasteiger partial charge on any atom is 0.341 e. The van der Waals surface area contributed by atoms with Gasteiger partial charge in [-0.05, 0) is 44.9 Å². The molecule has 6 heteroatoms. The Kier molecular flexibility index (Phi) is 3.99. The Balaban J connectivity index is 1.97. The summed E-state index contributed by atoms with van der Waals surface area (Å²) in [5, 5.41) is 17.3. The maximum absolute atomic E-state index is 11.6. The number of rotatable bonds is 3. The van der Waals surface area contributed by atoms with Crippen molar-refractivity contribution in [2.24, 2.45) is 0 Å². The first-order valence-corrected chi connectivity index (χ1v) is 8.04. The van der Waals surface area contributed by atoms with Gasteiger partial charge in [0, 0.05) is 12.5 Å². The van der Waals surface area contributed by atoms with Gasteiger partial charge in [0.1, 0.15) is 17.1 Å². The molecule has 0 saturated heterocycles. The summed E-state index contributed by atoms with van der Waals surface area (Å²) in [6, 6.07) is 8.05. The molecule has 2 N–H and O–H groups in total. The van der Waals surface area contributed by atoms with Gasteiger partial charge in [0.15, 0.2) is 0 Å². The van der Waals surface area contributed by atoms with Crippen molar-refractivity contribution >= 4 is 11.8 Å². The van der Waals surface area contributed by atoms with Crippen molar-refractivity contribution in [3.8, 4) is 5.75 Å². The molecule has 0 saturated carbocycles. The summed E-state index contributed by atoms with van der Waals surface area (Å²) in [6.45, 7) is 6.60. The molecule has 128 valence electrons. The molecule has 1 aromatic carbocycles. The quantitative estimate of drug-likeness (QED) is 0.904. The number of carbonyl (C=O) groups is 1. The second-order valence-corrected chi connectivity index (χ2v) is 6.89. The molecular weight excluding hydrogens is 306 g/mol. The van der Waals surface area contributed by atoms with Crippen LogP contribution in [0.3, 0.4) is 0 Å². The van der Waals surface area contributed by atoms with Crippen molar-refractivity contribution in [1.29, 1.82) is 0 Å². The van der Waals surface area contributed by atoms with Gasteiger partial charge in [-0.2, -0.15) is 5.10 Å². The van der Waals surface area contributed by atoms with Crippen LogP contribution in [0.25, 0.3) is 0 Å². The number of carboxylic acids is 1. The summed E-state index contributed by atoms with van der Waals surface area (Å²) < 4.78 is 7.05. The topological polar surface area (TPSA) is 76.4 Å². The molecular formula is C18H23N3O3. The molecule has 0 fully saturated rings. The summed E-state index contributed by atoms with van der Waals surface area (Å²) in [6.07, 6.45) is 0.861. The van der Waals surface area contributed by atoms with Crippen LogP contribution in [0, 0.1) is 6.92 Å². The van der Waals surface area contributed by atoms with Gasteiger partial charge in [-0.15, -0.1) is 0 Å². The Morgan fingerprint density at radius 2 is 2.04 bits per heavy atom. The third-order valence-electron chi connectivity index (χ3n) is 4.70. The van der Waals surface area contributed by atoms with Gasteiger partial charge in [0.2, 0.25) is 0 Å². The van der Waals surface area contributed by atoms with E-state index in [1.165, 1.54) is 5.56 Å². The zero-order valence-corrected chi connectivity index (χ0v) is 14.5. The summed E-state index contributed by atoms with van der Waals surface area (Å²) in [5.41, 5.74) is 1.72. The zero-order chi connectivity index (χ0) is 17.5. The van der Waals surface area contributed by atoms with Gasteiger partial charge >= 0.3 is 5.97 Å². The maximum atomic E-state index is 11.6. The minimum absolute atomic E-state index is 0.259. The van der Waals surface area contributed by atoms with E-state index in [0.29, 0.717) is 18.1 Å². The van der Waals surface area contributed by atoms with Crippen LogP contribution in [-0.2, 0) is 5.54 Å². The number of fused-ring (bicyclic) bond motifs is 1. The summed E-state index contributed by atoms with van der Waals surface area (Å²) in [7, 11) is 1.65. The van der Waals surface area contributed by atoms with Crippen LogP contribution in [0.15, 0.2) is 24.3 Å². The molecule has 2 aromatic rings. The van der Waals surface area contributed by atoms with E-state index < -0.39 is 5.97 Å². The van der Waals surface area contributed by atoms with Crippen molar-refractivity contribution in [1.82, 2.24) is 9.78 Å². The van der Waals surface area contributed by atoms with E-state index in [9.17, 15) is 9.90 Å². The van der Waals surface area contributed by atoms with Gasteiger partial charge < -0.3 is 15.2 Å². The number of aryl methyl sites for hydroxylation is 1. The average molecular weight is 329 g/mol. The average Bonchev–Trinajstić information content (AvgIpc) is 2.83. The van der Waals surface area contributed by atoms with E-state index in [4.69, 9.17) is 4.74 Å². The third kappa shape index (κ3) is 2.72. The van der Waals surface area contributed by atoms with Crippen molar-refractivity contribution in [2.45, 2.75) is 38.6 Å². The van der Waals surface area contributed by atoms with Crippen molar-refractivity contribution in [3.63, 3.8) is 0 Å². The summed E-state index contributed by atoms with van der Waals surface area (Å²) >= 11 is 0. The molecule has 1 unspecified atom stereocenters. The number of nitrogens with zero attached hydrogens (tertiary/aromatic N) is 2. The minimum Gasteiger partial charge on any atom is -0.497 e. The minimum atomic E-state index is -0.944. The largest absolute Gasteiger partial charge is 0.497 e. The lowest BCUT2D eigenvalue weighted by atomic mass is 9.86. The molecule has 6 nitrogen and oxygen atoms in total. The molecule has 1 aliphatic rings. The molecule has 0 amide bonds. The Hall–Kier alpha value is -2.50. The lowest BCUT2D eigenvalue weighted by Gasteiger charge is -2.28. The van der Waals surface area contributed by atoms with E-state index in [-0.39, 0.29) is 17.0 Å². The molecule has 3 rings (SSSR count). The number of hydrogen-bond acceptors (Lipinski definition) is 4. The number of aromatic carboxylic acids is 1. The fourth-order valence-corrected chi connectivity index (χ4v) is 3.48. The lowest BCUT2D eigenvalue weighted by Crippen LogP contribution is -2.28. The highest BCUT2D eigenvalue weighted by Gasteiger charge is 2.35.